The van der Waals surface area contributed by atoms with Crippen LogP contribution in [0.3, 0.4) is 0 Å². The zero-order chi connectivity index (χ0) is 16.4. The molecule has 1 fully saturated rings. The Morgan fingerprint density at radius 3 is 2.78 bits per heavy atom. The smallest absolute Gasteiger partial charge is 0.225 e. The number of halogens is 2. The van der Waals surface area contributed by atoms with Crippen molar-refractivity contribution in [2.24, 2.45) is 0 Å². The summed E-state index contributed by atoms with van der Waals surface area (Å²) in [5, 5.41) is 15.2. The molecule has 2 aromatic rings. The lowest BCUT2D eigenvalue weighted by molar-refractivity contribution is 0.281. The fraction of sp³-hybridized carbons (Fsp3) is 0.375. The zero-order valence-electron chi connectivity index (χ0n) is 12.7. The average molecular weight is 428 g/mol. The van der Waals surface area contributed by atoms with Gasteiger partial charge in [-0.25, -0.2) is 9.37 Å². The molecule has 0 aliphatic heterocycles. The molecule has 0 amide bonds. The third kappa shape index (κ3) is 4.29. The molecule has 122 valence electrons. The summed E-state index contributed by atoms with van der Waals surface area (Å²) < 4.78 is 14.9. The van der Waals surface area contributed by atoms with E-state index in [9.17, 15) is 4.39 Å². The molecule has 1 aliphatic rings. The summed E-state index contributed by atoms with van der Waals surface area (Å²) in [6.07, 6.45) is 2.23. The van der Waals surface area contributed by atoms with E-state index in [-0.39, 0.29) is 18.5 Å². The Hall–Kier alpha value is -1.48. The van der Waals surface area contributed by atoms with E-state index in [1.54, 1.807) is 6.07 Å². The van der Waals surface area contributed by atoms with Crippen LogP contribution >= 0.6 is 22.6 Å². The van der Waals surface area contributed by atoms with Crippen molar-refractivity contribution in [3.63, 3.8) is 0 Å². The second-order valence-corrected chi connectivity index (χ2v) is 7.00. The van der Waals surface area contributed by atoms with Crippen LogP contribution in [0.4, 0.5) is 21.8 Å². The third-order valence-corrected chi connectivity index (χ3v) is 4.26. The molecule has 3 N–H and O–H groups in total. The molecule has 1 saturated carbocycles. The molecule has 7 heteroatoms. The van der Waals surface area contributed by atoms with Gasteiger partial charge in [-0.05, 0) is 60.6 Å². The van der Waals surface area contributed by atoms with E-state index in [2.05, 4.69) is 43.2 Å². The SMILES string of the molecule is C[C@H](CO)Nc1nc(Nc2ccc(I)cc2F)cc(C2CC2)n1. The minimum Gasteiger partial charge on any atom is -0.394 e. The minimum absolute atomic E-state index is 0.00840. The molecule has 1 atom stereocenters. The van der Waals surface area contributed by atoms with Gasteiger partial charge in [0, 0.05) is 21.6 Å². The first-order chi connectivity index (χ1) is 11.0. The highest BCUT2D eigenvalue weighted by atomic mass is 127. The Bertz CT molecular complexity index is 708. The Labute approximate surface area is 147 Å². The maximum absolute atomic E-state index is 14.0. The Morgan fingerprint density at radius 1 is 1.35 bits per heavy atom. The highest BCUT2D eigenvalue weighted by Gasteiger charge is 2.26. The number of rotatable bonds is 6. The molecule has 1 heterocycles. The van der Waals surface area contributed by atoms with E-state index in [4.69, 9.17) is 5.11 Å². The van der Waals surface area contributed by atoms with Crippen LogP contribution in [0.15, 0.2) is 24.3 Å². The van der Waals surface area contributed by atoms with Crippen molar-refractivity contribution in [3.8, 4) is 0 Å². The van der Waals surface area contributed by atoms with Crippen molar-refractivity contribution in [1.82, 2.24) is 9.97 Å². The van der Waals surface area contributed by atoms with Crippen LogP contribution in [0.25, 0.3) is 0 Å². The first-order valence-electron chi connectivity index (χ1n) is 7.53. The van der Waals surface area contributed by atoms with Crippen LogP contribution in [0.1, 0.15) is 31.4 Å². The van der Waals surface area contributed by atoms with Gasteiger partial charge in [0.1, 0.15) is 11.6 Å². The van der Waals surface area contributed by atoms with Gasteiger partial charge in [-0.1, -0.05) is 0 Å². The van der Waals surface area contributed by atoms with Crippen molar-refractivity contribution in [3.05, 3.63) is 39.3 Å². The van der Waals surface area contributed by atoms with Crippen molar-refractivity contribution < 1.29 is 9.50 Å². The maximum atomic E-state index is 14.0. The fourth-order valence-corrected chi connectivity index (χ4v) is 2.63. The highest BCUT2D eigenvalue weighted by Crippen LogP contribution is 2.40. The first kappa shape index (κ1) is 16.4. The van der Waals surface area contributed by atoms with Gasteiger partial charge in [-0.2, -0.15) is 4.98 Å². The Morgan fingerprint density at radius 2 is 2.13 bits per heavy atom. The van der Waals surface area contributed by atoms with Gasteiger partial charge in [-0.15, -0.1) is 0 Å². The lowest BCUT2D eigenvalue weighted by atomic mass is 10.2. The normalized spacial score (nSPS) is 15.3. The zero-order valence-corrected chi connectivity index (χ0v) is 14.8. The first-order valence-corrected chi connectivity index (χ1v) is 8.61. The van der Waals surface area contributed by atoms with Crippen molar-refractivity contribution in [2.45, 2.75) is 31.7 Å². The van der Waals surface area contributed by atoms with Crippen LogP contribution in [0.5, 0.6) is 0 Å². The summed E-state index contributed by atoms with van der Waals surface area (Å²) in [7, 11) is 0. The summed E-state index contributed by atoms with van der Waals surface area (Å²) in [6.45, 7) is 1.84. The molecular weight excluding hydrogens is 410 g/mol. The molecule has 1 aromatic heterocycles. The van der Waals surface area contributed by atoms with Crippen LogP contribution in [0.2, 0.25) is 0 Å². The van der Waals surface area contributed by atoms with Crippen molar-refractivity contribution in [1.29, 1.82) is 0 Å². The molecule has 5 nitrogen and oxygen atoms in total. The topological polar surface area (TPSA) is 70.1 Å². The molecule has 0 bridgehead atoms. The lowest BCUT2D eigenvalue weighted by Gasteiger charge is -2.14. The van der Waals surface area contributed by atoms with Gasteiger partial charge in [0.15, 0.2) is 0 Å². The number of nitrogens with zero attached hydrogens (tertiary/aromatic N) is 2. The monoisotopic (exact) mass is 428 g/mol. The number of aromatic nitrogens is 2. The average Bonchev–Trinajstić information content (AvgIpc) is 3.34. The largest absolute Gasteiger partial charge is 0.394 e. The van der Waals surface area contributed by atoms with Gasteiger partial charge in [-0.3, -0.25) is 0 Å². The quantitative estimate of drug-likeness (QED) is 0.614. The molecule has 3 rings (SSSR count). The molecular formula is C16H18FIN4O. The van der Waals surface area contributed by atoms with E-state index in [0.29, 0.717) is 23.4 Å². The van der Waals surface area contributed by atoms with E-state index in [1.165, 1.54) is 6.07 Å². The number of aliphatic hydroxyl groups is 1. The minimum atomic E-state index is -0.318. The number of hydrogen-bond donors (Lipinski definition) is 3. The van der Waals surface area contributed by atoms with Crippen LogP contribution in [-0.2, 0) is 0 Å². The molecule has 0 saturated heterocycles. The van der Waals surface area contributed by atoms with E-state index < -0.39 is 0 Å². The van der Waals surface area contributed by atoms with Crippen molar-refractivity contribution in [2.75, 3.05) is 17.2 Å². The Balaban J connectivity index is 1.87. The second kappa shape index (κ2) is 6.96. The summed E-state index contributed by atoms with van der Waals surface area (Å²) in [5.74, 6) is 1.13. The molecule has 0 radical (unpaired) electrons. The maximum Gasteiger partial charge on any atom is 0.225 e. The van der Waals surface area contributed by atoms with E-state index in [1.807, 2.05) is 19.1 Å². The predicted molar refractivity (Wildman–Crippen MR) is 96.6 cm³/mol. The summed E-state index contributed by atoms with van der Waals surface area (Å²) in [4.78, 5) is 8.87. The summed E-state index contributed by atoms with van der Waals surface area (Å²) in [5.41, 5.74) is 1.33. The van der Waals surface area contributed by atoms with Gasteiger partial charge in [0.25, 0.3) is 0 Å². The van der Waals surface area contributed by atoms with E-state index in [0.717, 1.165) is 22.1 Å². The van der Waals surface area contributed by atoms with Gasteiger partial charge >= 0.3 is 0 Å². The highest BCUT2D eigenvalue weighted by molar-refractivity contribution is 14.1. The Kier molecular flexibility index (Phi) is 4.96. The number of anilines is 3. The van der Waals surface area contributed by atoms with Crippen LogP contribution in [0, 0.1) is 9.39 Å². The molecule has 0 unspecified atom stereocenters. The third-order valence-electron chi connectivity index (χ3n) is 3.58. The number of hydrogen-bond acceptors (Lipinski definition) is 5. The number of nitrogens with one attached hydrogen (secondary N) is 2. The molecule has 1 aliphatic carbocycles. The van der Waals surface area contributed by atoms with Crippen molar-refractivity contribution >= 4 is 40.0 Å². The lowest BCUT2D eigenvalue weighted by Crippen LogP contribution is -2.21. The van der Waals surface area contributed by atoms with Gasteiger partial charge in [0.05, 0.1) is 18.0 Å². The van der Waals surface area contributed by atoms with Gasteiger partial charge in [0.2, 0.25) is 5.95 Å². The number of aliphatic hydroxyl groups excluding tert-OH is 1. The molecule has 1 aromatic carbocycles. The molecule has 23 heavy (non-hydrogen) atoms. The standard InChI is InChI=1S/C16H18FIN4O/c1-9(8-23)19-16-21-14(10-2-3-10)7-15(22-16)20-13-5-4-11(18)6-12(13)17/h4-7,9-10,23H,2-3,8H2,1H3,(H2,19,20,21,22)/t9-/m1/s1. The summed E-state index contributed by atoms with van der Waals surface area (Å²) in [6, 6.07) is 6.72. The molecule has 0 spiro atoms. The second-order valence-electron chi connectivity index (χ2n) is 5.75. The predicted octanol–water partition coefficient (Wildman–Crippen LogP) is 3.63. The fourth-order valence-electron chi connectivity index (χ4n) is 2.18. The van der Waals surface area contributed by atoms with E-state index >= 15 is 0 Å². The van der Waals surface area contributed by atoms with Crippen LogP contribution < -0.4 is 10.6 Å². The van der Waals surface area contributed by atoms with Gasteiger partial charge < -0.3 is 15.7 Å². The van der Waals surface area contributed by atoms with Crippen LogP contribution in [-0.4, -0.2) is 27.7 Å². The number of benzene rings is 1. The summed E-state index contributed by atoms with van der Waals surface area (Å²) >= 11 is 2.07.